The highest BCUT2D eigenvalue weighted by molar-refractivity contribution is 5.94. The second-order valence-corrected chi connectivity index (χ2v) is 7.26. The number of hydrogen-bond acceptors (Lipinski definition) is 5. The summed E-state index contributed by atoms with van der Waals surface area (Å²) in [7, 11) is 1.58. The molecule has 1 fully saturated rings. The average molecular weight is 406 g/mol. The summed E-state index contributed by atoms with van der Waals surface area (Å²) in [5.41, 5.74) is 2.15. The molecule has 1 saturated heterocycles. The first kappa shape index (κ1) is 19.8. The molecule has 0 bridgehead atoms. The second-order valence-electron chi connectivity index (χ2n) is 7.26. The lowest BCUT2D eigenvalue weighted by atomic mass is 9.97. The lowest BCUT2D eigenvalue weighted by Crippen LogP contribution is -2.41. The Labute approximate surface area is 174 Å². The number of carbonyl (C=O) groups excluding carboxylic acids is 1. The van der Waals surface area contributed by atoms with Gasteiger partial charge >= 0.3 is 0 Å². The highest BCUT2D eigenvalue weighted by atomic mass is 19.1. The van der Waals surface area contributed by atoms with Gasteiger partial charge in [0.1, 0.15) is 11.6 Å². The zero-order valence-corrected chi connectivity index (χ0v) is 16.7. The molecule has 3 aromatic rings. The maximum atomic E-state index is 13.5. The molecule has 1 N–H and O–H groups in total. The predicted molar refractivity (Wildman–Crippen MR) is 114 cm³/mol. The number of hydrogen-bond donors (Lipinski definition) is 1. The predicted octanol–water partition coefficient (Wildman–Crippen LogP) is 4.15. The Hall–Kier alpha value is -3.48. The van der Waals surface area contributed by atoms with Crippen LogP contribution in [0, 0.1) is 11.7 Å². The third-order valence-corrected chi connectivity index (χ3v) is 5.24. The van der Waals surface area contributed by atoms with E-state index in [0.717, 1.165) is 30.5 Å². The molecule has 1 aromatic heterocycles. The van der Waals surface area contributed by atoms with E-state index in [0.29, 0.717) is 23.9 Å². The smallest absolute Gasteiger partial charge is 0.229 e. The first-order valence-electron chi connectivity index (χ1n) is 9.91. The Balaban J connectivity index is 1.44. The fourth-order valence-corrected chi connectivity index (χ4v) is 3.66. The maximum absolute atomic E-state index is 13.5. The monoisotopic (exact) mass is 406 g/mol. The molecule has 0 radical (unpaired) electrons. The van der Waals surface area contributed by atoms with Gasteiger partial charge in [0.05, 0.1) is 18.7 Å². The largest absolute Gasteiger partial charge is 0.495 e. The normalized spacial score (nSPS) is 16.2. The molecular formula is C23H23FN4O2. The topological polar surface area (TPSA) is 67.3 Å². The molecule has 6 nitrogen and oxygen atoms in total. The quantitative estimate of drug-likeness (QED) is 0.690. The standard InChI is InChI=1S/C23H23FN4O2/c1-30-21-10-3-2-9-20(21)27-22(29)17-7-5-11-28(15-17)23-25-13-18(14-26-23)16-6-4-8-19(24)12-16/h2-4,6,8-10,12-14,17H,5,7,11,15H2,1H3,(H,27,29)/t17-/m0/s1. The van der Waals surface area contributed by atoms with Gasteiger partial charge in [-0.25, -0.2) is 14.4 Å². The number of nitrogens with one attached hydrogen (secondary N) is 1. The van der Waals surface area contributed by atoms with E-state index in [1.54, 1.807) is 25.6 Å². The Morgan fingerprint density at radius 1 is 1.13 bits per heavy atom. The summed E-state index contributed by atoms with van der Waals surface area (Å²) in [5, 5.41) is 2.97. The van der Waals surface area contributed by atoms with Gasteiger partial charge < -0.3 is 15.0 Å². The van der Waals surface area contributed by atoms with Crippen molar-refractivity contribution in [2.45, 2.75) is 12.8 Å². The van der Waals surface area contributed by atoms with Crippen molar-refractivity contribution in [2.75, 3.05) is 30.4 Å². The lowest BCUT2D eigenvalue weighted by molar-refractivity contribution is -0.120. The van der Waals surface area contributed by atoms with Crippen LogP contribution in [0.25, 0.3) is 11.1 Å². The average Bonchev–Trinajstić information content (AvgIpc) is 2.79. The molecule has 0 saturated carbocycles. The fraction of sp³-hybridized carbons (Fsp3) is 0.261. The van der Waals surface area contributed by atoms with Crippen molar-refractivity contribution in [1.29, 1.82) is 0 Å². The van der Waals surface area contributed by atoms with Crippen molar-refractivity contribution < 1.29 is 13.9 Å². The number of carbonyl (C=O) groups is 1. The third kappa shape index (κ3) is 4.40. The highest BCUT2D eigenvalue weighted by Crippen LogP contribution is 2.27. The number of benzene rings is 2. The molecule has 1 amide bonds. The van der Waals surface area contributed by atoms with Crippen molar-refractivity contribution in [3.63, 3.8) is 0 Å². The molecule has 7 heteroatoms. The summed E-state index contributed by atoms with van der Waals surface area (Å²) in [5.74, 6) is 0.701. The van der Waals surface area contributed by atoms with Gasteiger partial charge in [-0.15, -0.1) is 0 Å². The van der Waals surface area contributed by atoms with E-state index >= 15 is 0 Å². The van der Waals surface area contributed by atoms with Crippen LogP contribution in [0.4, 0.5) is 16.0 Å². The number of para-hydroxylation sites is 2. The second kappa shape index (κ2) is 8.90. The van der Waals surface area contributed by atoms with Gasteiger partial charge in [0, 0.05) is 31.0 Å². The van der Waals surface area contributed by atoms with Crippen LogP contribution in [0.2, 0.25) is 0 Å². The van der Waals surface area contributed by atoms with Crippen LogP contribution in [0.15, 0.2) is 60.9 Å². The minimum Gasteiger partial charge on any atom is -0.495 e. The van der Waals surface area contributed by atoms with E-state index in [1.807, 2.05) is 35.2 Å². The van der Waals surface area contributed by atoms with E-state index in [4.69, 9.17) is 4.74 Å². The highest BCUT2D eigenvalue weighted by Gasteiger charge is 2.27. The zero-order valence-electron chi connectivity index (χ0n) is 16.7. The van der Waals surface area contributed by atoms with Gasteiger partial charge in [-0.1, -0.05) is 24.3 Å². The molecule has 1 aliphatic rings. The number of aromatic nitrogens is 2. The first-order valence-corrected chi connectivity index (χ1v) is 9.91. The number of amides is 1. The molecule has 2 aromatic carbocycles. The van der Waals surface area contributed by atoms with E-state index in [9.17, 15) is 9.18 Å². The number of methoxy groups -OCH3 is 1. The number of rotatable bonds is 5. The van der Waals surface area contributed by atoms with Crippen LogP contribution in [0.5, 0.6) is 5.75 Å². The summed E-state index contributed by atoms with van der Waals surface area (Å²) in [4.78, 5) is 23.7. The summed E-state index contributed by atoms with van der Waals surface area (Å²) < 4.78 is 18.8. The molecule has 1 atom stereocenters. The van der Waals surface area contributed by atoms with Gasteiger partial charge in [0.2, 0.25) is 11.9 Å². The van der Waals surface area contributed by atoms with E-state index in [-0.39, 0.29) is 17.6 Å². The van der Waals surface area contributed by atoms with E-state index in [1.165, 1.54) is 12.1 Å². The molecule has 0 spiro atoms. The summed E-state index contributed by atoms with van der Waals surface area (Å²) in [6.45, 7) is 1.33. The molecule has 0 aliphatic carbocycles. The van der Waals surface area contributed by atoms with Gasteiger partial charge in [0.25, 0.3) is 0 Å². The van der Waals surface area contributed by atoms with Crippen molar-refractivity contribution in [3.05, 3.63) is 66.7 Å². The van der Waals surface area contributed by atoms with Crippen LogP contribution >= 0.6 is 0 Å². The van der Waals surface area contributed by atoms with Crippen molar-refractivity contribution in [3.8, 4) is 16.9 Å². The Morgan fingerprint density at radius 3 is 2.70 bits per heavy atom. The number of halogens is 1. The van der Waals surface area contributed by atoms with E-state index in [2.05, 4.69) is 15.3 Å². The van der Waals surface area contributed by atoms with Crippen LogP contribution in [-0.2, 0) is 4.79 Å². The molecule has 4 rings (SSSR count). The fourth-order valence-electron chi connectivity index (χ4n) is 3.66. The van der Waals surface area contributed by atoms with Crippen LogP contribution in [-0.4, -0.2) is 36.1 Å². The van der Waals surface area contributed by atoms with Gasteiger partial charge in [0.15, 0.2) is 0 Å². The maximum Gasteiger partial charge on any atom is 0.229 e. The first-order chi connectivity index (χ1) is 14.6. The van der Waals surface area contributed by atoms with Crippen molar-refractivity contribution in [2.24, 2.45) is 5.92 Å². The van der Waals surface area contributed by atoms with Gasteiger partial charge in [-0.05, 0) is 42.7 Å². The molecule has 154 valence electrons. The number of ether oxygens (including phenoxy) is 1. The number of nitrogens with zero attached hydrogens (tertiary/aromatic N) is 3. The number of piperidine rings is 1. The molecule has 30 heavy (non-hydrogen) atoms. The van der Waals surface area contributed by atoms with Gasteiger partial charge in [-0.2, -0.15) is 0 Å². The minimum atomic E-state index is -0.295. The molecular weight excluding hydrogens is 383 g/mol. The summed E-state index contributed by atoms with van der Waals surface area (Å²) in [6.07, 6.45) is 5.06. The van der Waals surface area contributed by atoms with Crippen LogP contribution in [0.3, 0.4) is 0 Å². The van der Waals surface area contributed by atoms with Crippen molar-refractivity contribution in [1.82, 2.24) is 9.97 Å². The lowest BCUT2D eigenvalue weighted by Gasteiger charge is -2.32. The van der Waals surface area contributed by atoms with Crippen molar-refractivity contribution >= 4 is 17.5 Å². The number of anilines is 2. The Bertz CT molecular complexity index is 1030. The zero-order chi connectivity index (χ0) is 20.9. The molecule has 2 heterocycles. The summed E-state index contributed by atoms with van der Waals surface area (Å²) >= 11 is 0. The van der Waals surface area contributed by atoms with Crippen LogP contribution < -0.4 is 15.0 Å². The van der Waals surface area contributed by atoms with Crippen LogP contribution in [0.1, 0.15) is 12.8 Å². The summed E-state index contributed by atoms with van der Waals surface area (Å²) in [6, 6.07) is 13.7. The Kier molecular flexibility index (Phi) is 5.88. The Morgan fingerprint density at radius 2 is 1.93 bits per heavy atom. The van der Waals surface area contributed by atoms with Gasteiger partial charge in [-0.3, -0.25) is 4.79 Å². The van der Waals surface area contributed by atoms with E-state index < -0.39 is 0 Å². The molecule has 0 unspecified atom stereocenters. The third-order valence-electron chi connectivity index (χ3n) is 5.24. The SMILES string of the molecule is COc1ccccc1NC(=O)[C@H]1CCCN(c2ncc(-c3cccc(F)c3)cn2)C1. The minimum absolute atomic E-state index is 0.0411. The molecule has 1 aliphatic heterocycles.